The third-order valence-corrected chi connectivity index (χ3v) is 5.63. The van der Waals surface area contributed by atoms with Crippen molar-refractivity contribution in [3.05, 3.63) is 35.9 Å². The van der Waals surface area contributed by atoms with Crippen molar-refractivity contribution >= 4 is 5.91 Å². The van der Waals surface area contributed by atoms with Gasteiger partial charge in [-0.1, -0.05) is 30.3 Å². The van der Waals surface area contributed by atoms with E-state index >= 15 is 0 Å². The molecule has 2 N–H and O–H groups in total. The van der Waals surface area contributed by atoms with E-state index in [1.807, 2.05) is 0 Å². The molecule has 0 spiro atoms. The SMILES string of the molecule is O=C(NC1CCC(O)CC1)C1CCC(Cc2ccccc2)CC1. The predicted octanol–water partition coefficient (Wildman–Crippen LogP) is 3.46. The van der Waals surface area contributed by atoms with E-state index in [-0.39, 0.29) is 24.0 Å². The highest BCUT2D eigenvalue weighted by atomic mass is 16.3. The summed E-state index contributed by atoms with van der Waals surface area (Å²) in [6.07, 6.45) is 8.88. The van der Waals surface area contributed by atoms with Crippen LogP contribution < -0.4 is 5.32 Å². The zero-order valence-corrected chi connectivity index (χ0v) is 13.9. The molecule has 2 saturated carbocycles. The fourth-order valence-electron chi connectivity index (χ4n) is 4.12. The minimum absolute atomic E-state index is 0.156. The highest BCUT2D eigenvalue weighted by Crippen LogP contribution is 2.31. The quantitative estimate of drug-likeness (QED) is 0.894. The molecular weight excluding hydrogens is 286 g/mol. The van der Waals surface area contributed by atoms with Gasteiger partial charge in [-0.2, -0.15) is 0 Å². The summed E-state index contributed by atoms with van der Waals surface area (Å²) >= 11 is 0. The molecule has 0 aromatic heterocycles. The Morgan fingerprint density at radius 1 is 0.957 bits per heavy atom. The van der Waals surface area contributed by atoms with E-state index in [9.17, 15) is 9.90 Å². The molecule has 3 rings (SSSR count). The lowest BCUT2D eigenvalue weighted by Crippen LogP contribution is -2.42. The van der Waals surface area contributed by atoms with E-state index in [1.165, 1.54) is 5.56 Å². The molecule has 0 bridgehead atoms. The van der Waals surface area contributed by atoms with Gasteiger partial charge in [0, 0.05) is 12.0 Å². The van der Waals surface area contributed by atoms with Gasteiger partial charge in [0.05, 0.1) is 6.10 Å². The first-order valence-corrected chi connectivity index (χ1v) is 9.23. The maximum absolute atomic E-state index is 12.4. The van der Waals surface area contributed by atoms with E-state index in [1.54, 1.807) is 0 Å². The number of aliphatic hydroxyl groups is 1. The lowest BCUT2D eigenvalue weighted by atomic mass is 9.78. The second kappa shape index (κ2) is 7.96. The molecule has 23 heavy (non-hydrogen) atoms. The number of benzene rings is 1. The van der Waals surface area contributed by atoms with Gasteiger partial charge in [0.25, 0.3) is 0 Å². The van der Waals surface area contributed by atoms with Gasteiger partial charge in [-0.25, -0.2) is 0 Å². The van der Waals surface area contributed by atoms with Crippen molar-refractivity contribution in [3.63, 3.8) is 0 Å². The Morgan fingerprint density at radius 3 is 2.26 bits per heavy atom. The zero-order valence-electron chi connectivity index (χ0n) is 13.9. The molecule has 1 aromatic carbocycles. The Balaban J connectivity index is 1.40. The summed E-state index contributed by atoms with van der Waals surface area (Å²) in [6, 6.07) is 11.0. The van der Waals surface area contributed by atoms with Crippen molar-refractivity contribution in [2.24, 2.45) is 11.8 Å². The number of carbonyl (C=O) groups is 1. The number of amides is 1. The maximum Gasteiger partial charge on any atom is 0.223 e. The van der Waals surface area contributed by atoms with Crippen LogP contribution in [0.3, 0.4) is 0 Å². The van der Waals surface area contributed by atoms with Crippen LogP contribution in [0.5, 0.6) is 0 Å². The molecule has 3 heteroatoms. The first kappa shape index (κ1) is 16.5. The molecule has 0 aliphatic heterocycles. The molecular formula is C20H29NO2. The van der Waals surface area contributed by atoms with Gasteiger partial charge in [-0.15, -0.1) is 0 Å². The number of nitrogens with one attached hydrogen (secondary N) is 1. The van der Waals surface area contributed by atoms with Crippen LogP contribution in [0.25, 0.3) is 0 Å². The summed E-state index contributed by atoms with van der Waals surface area (Å²) < 4.78 is 0. The van der Waals surface area contributed by atoms with Crippen LogP contribution >= 0.6 is 0 Å². The third kappa shape index (κ3) is 4.81. The van der Waals surface area contributed by atoms with E-state index in [4.69, 9.17) is 0 Å². The van der Waals surface area contributed by atoms with E-state index < -0.39 is 0 Å². The van der Waals surface area contributed by atoms with Crippen LogP contribution in [0, 0.1) is 11.8 Å². The minimum Gasteiger partial charge on any atom is -0.393 e. The topological polar surface area (TPSA) is 49.3 Å². The summed E-state index contributed by atoms with van der Waals surface area (Å²) in [7, 11) is 0. The molecule has 1 amide bonds. The fraction of sp³-hybridized carbons (Fsp3) is 0.650. The lowest BCUT2D eigenvalue weighted by molar-refractivity contribution is -0.127. The minimum atomic E-state index is -0.156. The summed E-state index contributed by atoms with van der Waals surface area (Å²) in [5.41, 5.74) is 1.42. The van der Waals surface area contributed by atoms with Gasteiger partial charge < -0.3 is 10.4 Å². The Hall–Kier alpha value is -1.35. The normalized spacial score (nSPS) is 31.5. The van der Waals surface area contributed by atoms with Crippen molar-refractivity contribution in [3.8, 4) is 0 Å². The summed E-state index contributed by atoms with van der Waals surface area (Å²) in [4.78, 5) is 12.4. The van der Waals surface area contributed by atoms with Gasteiger partial charge in [0.2, 0.25) is 5.91 Å². The zero-order chi connectivity index (χ0) is 16.1. The van der Waals surface area contributed by atoms with Crippen LogP contribution in [0.1, 0.15) is 56.9 Å². The lowest BCUT2D eigenvalue weighted by Gasteiger charge is -2.31. The van der Waals surface area contributed by atoms with Crippen LogP contribution in [-0.4, -0.2) is 23.2 Å². The largest absolute Gasteiger partial charge is 0.393 e. The molecule has 0 heterocycles. The molecule has 2 fully saturated rings. The molecule has 2 aliphatic carbocycles. The van der Waals surface area contributed by atoms with Gasteiger partial charge in [-0.05, 0) is 69.3 Å². The Morgan fingerprint density at radius 2 is 1.61 bits per heavy atom. The van der Waals surface area contributed by atoms with Crippen molar-refractivity contribution in [1.29, 1.82) is 0 Å². The van der Waals surface area contributed by atoms with Crippen molar-refractivity contribution in [1.82, 2.24) is 5.32 Å². The Kier molecular flexibility index (Phi) is 5.71. The number of carbonyl (C=O) groups excluding carboxylic acids is 1. The molecule has 0 unspecified atom stereocenters. The second-order valence-corrected chi connectivity index (χ2v) is 7.42. The highest BCUT2D eigenvalue weighted by Gasteiger charge is 2.28. The monoisotopic (exact) mass is 315 g/mol. The molecule has 0 atom stereocenters. The van der Waals surface area contributed by atoms with Crippen LogP contribution in [0.15, 0.2) is 30.3 Å². The standard InChI is InChI=1S/C20H29NO2/c22-19-12-10-18(11-13-19)21-20(23)17-8-6-16(7-9-17)14-15-4-2-1-3-5-15/h1-5,16-19,22H,6-14H2,(H,21,23). The van der Waals surface area contributed by atoms with Crippen LogP contribution in [0.4, 0.5) is 0 Å². The van der Waals surface area contributed by atoms with Crippen LogP contribution in [0.2, 0.25) is 0 Å². The number of hydrogen-bond donors (Lipinski definition) is 2. The van der Waals surface area contributed by atoms with Crippen molar-refractivity contribution < 1.29 is 9.90 Å². The van der Waals surface area contributed by atoms with Gasteiger partial charge in [0.15, 0.2) is 0 Å². The van der Waals surface area contributed by atoms with Crippen molar-refractivity contribution in [2.45, 2.75) is 69.9 Å². The first-order chi connectivity index (χ1) is 11.2. The number of hydrogen-bond acceptors (Lipinski definition) is 2. The van der Waals surface area contributed by atoms with Crippen LogP contribution in [-0.2, 0) is 11.2 Å². The number of rotatable bonds is 4. The van der Waals surface area contributed by atoms with Gasteiger partial charge in [0.1, 0.15) is 0 Å². The predicted molar refractivity (Wildman–Crippen MR) is 92.0 cm³/mol. The summed E-state index contributed by atoms with van der Waals surface area (Å²) in [6.45, 7) is 0. The molecule has 0 saturated heterocycles. The van der Waals surface area contributed by atoms with E-state index in [0.717, 1.165) is 63.7 Å². The number of aliphatic hydroxyl groups excluding tert-OH is 1. The van der Waals surface area contributed by atoms with Gasteiger partial charge in [-0.3, -0.25) is 4.79 Å². The van der Waals surface area contributed by atoms with E-state index in [0.29, 0.717) is 0 Å². The molecule has 0 radical (unpaired) electrons. The Bertz CT molecular complexity index is 486. The molecule has 3 nitrogen and oxygen atoms in total. The highest BCUT2D eigenvalue weighted by molar-refractivity contribution is 5.79. The molecule has 126 valence electrons. The second-order valence-electron chi connectivity index (χ2n) is 7.42. The smallest absolute Gasteiger partial charge is 0.223 e. The Labute approximate surface area is 139 Å². The van der Waals surface area contributed by atoms with Gasteiger partial charge >= 0.3 is 0 Å². The van der Waals surface area contributed by atoms with Crippen molar-refractivity contribution in [2.75, 3.05) is 0 Å². The fourth-order valence-corrected chi connectivity index (χ4v) is 4.12. The first-order valence-electron chi connectivity index (χ1n) is 9.23. The molecule has 1 aromatic rings. The average molecular weight is 315 g/mol. The third-order valence-electron chi connectivity index (χ3n) is 5.63. The summed E-state index contributed by atoms with van der Waals surface area (Å²) in [5, 5.41) is 12.8. The molecule has 2 aliphatic rings. The average Bonchev–Trinajstić information content (AvgIpc) is 2.58. The summed E-state index contributed by atoms with van der Waals surface area (Å²) in [5.74, 6) is 1.18. The van der Waals surface area contributed by atoms with E-state index in [2.05, 4.69) is 35.6 Å². The maximum atomic E-state index is 12.4.